The third-order valence-electron chi connectivity index (χ3n) is 3.11. The first-order chi connectivity index (χ1) is 9.27. The molecule has 2 N–H and O–H groups in total. The summed E-state index contributed by atoms with van der Waals surface area (Å²) in [5.41, 5.74) is 0.0985. The lowest BCUT2D eigenvalue weighted by atomic mass is 9.90. The van der Waals surface area contributed by atoms with Crippen molar-refractivity contribution < 1.29 is 14.6 Å². The SMILES string of the molecule is COc1c(Cl)cc(Cl)cc1CNCCC(C)(C)C(=O)O. The number of halogens is 2. The Bertz CT molecular complexity index is 490. The Balaban J connectivity index is 2.61. The quantitative estimate of drug-likeness (QED) is 0.754. The third-order valence-corrected chi connectivity index (χ3v) is 3.61. The van der Waals surface area contributed by atoms with Crippen LogP contribution in [-0.4, -0.2) is 24.7 Å². The van der Waals surface area contributed by atoms with E-state index in [1.807, 2.05) is 0 Å². The van der Waals surface area contributed by atoms with Gasteiger partial charge in [-0.25, -0.2) is 0 Å². The minimum atomic E-state index is -0.803. The Morgan fingerprint density at radius 2 is 2.05 bits per heavy atom. The van der Waals surface area contributed by atoms with Gasteiger partial charge in [0.15, 0.2) is 0 Å². The van der Waals surface area contributed by atoms with E-state index >= 15 is 0 Å². The monoisotopic (exact) mass is 319 g/mol. The number of nitrogens with one attached hydrogen (secondary N) is 1. The number of methoxy groups -OCH3 is 1. The maximum absolute atomic E-state index is 11.0. The lowest BCUT2D eigenvalue weighted by molar-refractivity contribution is -0.147. The van der Waals surface area contributed by atoms with E-state index in [4.69, 9.17) is 33.0 Å². The van der Waals surface area contributed by atoms with Crippen molar-refractivity contribution in [3.63, 3.8) is 0 Å². The third kappa shape index (κ3) is 4.54. The minimum Gasteiger partial charge on any atom is -0.495 e. The van der Waals surface area contributed by atoms with Gasteiger partial charge in [0.25, 0.3) is 0 Å². The fourth-order valence-electron chi connectivity index (χ4n) is 1.70. The smallest absolute Gasteiger partial charge is 0.309 e. The maximum Gasteiger partial charge on any atom is 0.309 e. The Labute approximate surface area is 129 Å². The van der Waals surface area contributed by atoms with Crippen LogP contribution in [0.5, 0.6) is 5.75 Å². The summed E-state index contributed by atoms with van der Waals surface area (Å²) in [4.78, 5) is 11.0. The maximum atomic E-state index is 11.0. The fraction of sp³-hybridized carbons (Fsp3) is 0.500. The van der Waals surface area contributed by atoms with Gasteiger partial charge in [0.05, 0.1) is 17.5 Å². The topological polar surface area (TPSA) is 58.6 Å². The highest BCUT2D eigenvalue weighted by molar-refractivity contribution is 6.35. The van der Waals surface area contributed by atoms with E-state index < -0.39 is 11.4 Å². The molecule has 0 aliphatic rings. The highest BCUT2D eigenvalue weighted by atomic mass is 35.5. The van der Waals surface area contributed by atoms with Crippen LogP contribution in [0.15, 0.2) is 12.1 Å². The van der Waals surface area contributed by atoms with E-state index in [1.54, 1.807) is 33.1 Å². The van der Waals surface area contributed by atoms with Crippen molar-refractivity contribution in [2.75, 3.05) is 13.7 Å². The highest BCUT2D eigenvalue weighted by Gasteiger charge is 2.26. The second kappa shape index (κ2) is 7.16. The van der Waals surface area contributed by atoms with Crippen molar-refractivity contribution in [1.82, 2.24) is 5.32 Å². The van der Waals surface area contributed by atoms with Crippen molar-refractivity contribution >= 4 is 29.2 Å². The van der Waals surface area contributed by atoms with Crippen molar-refractivity contribution in [2.24, 2.45) is 5.41 Å². The second-order valence-corrected chi connectivity index (χ2v) is 6.04. The molecule has 0 aliphatic carbocycles. The van der Waals surface area contributed by atoms with E-state index in [2.05, 4.69) is 5.32 Å². The zero-order valence-corrected chi connectivity index (χ0v) is 13.3. The average molecular weight is 320 g/mol. The van der Waals surface area contributed by atoms with E-state index in [-0.39, 0.29) is 0 Å². The number of hydrogen-bond acceptors (Lipinski definition) is 3. The van der Waals surface area contributed by atoms with Crippen LogP contribution in [0, 0.1) is 5.41 Å². The standard InChI is InChI=1S/C14H19Cl2NO3/c1-14(2,13(18)19)4-5-17-8-9-6-10(15)7-11(16)12(9)20-3/h6-7,17H,4-5,8H2,1-3H3,(H,18,19). The molecule has 4 nitrogen and oxygen atoms in total. The summed E-state index contributed by atoms with van der Waals surface area (Å²) in [6.45, 7) is 4.49. The van der Waals surface area contributed by atoms with Crippen molar-refractivity contribution in [2.45, 2.75) is 26.8 Å². The molecule has 1 aromatic rings. The first kappa shape index (κ1) is 17.1. The summed E-state index contributed by atoms with van der Waals surface area (Å²) < 4.78 is 5.24. The molecule has 0 aromatic heterocycles. The van der Waals surface area contributed by atoms with Crippen molar-refractivity contribution in [3.8, 4) is 5.75 Å². The van der Waals surface area contributed by atoms with Gasteiger partial charge in [0.2, 0.25) is 0 Å². The molecule has 0 saturated carbocycles. The summed E-state index contributed by atoms with van der Waals surface area (Å²) in [5.74, 6) is -0.219. The van der Waals surface area contributed by atoms with Crippen LogP contribution in [0.1, 0.15) is 25.8 Å². The number of carbonyl (C=O) groups is 1. The highest BCUT2D eigenvalue weighted by Crippen LogP contribution is 2.32. The van der Waals surface area contributed by atoms with Gasteiger partial charge in [-0.3, -0.25) is 4.79 Å². The first-order valence-electron chi connectivity index (χ1n) is 6.24. The summed E-state index contributed by atoms with van der Waals surface area (Å²) in [7, 11) is 1.55. The van der Waals surface area contributed by atoms with Crippen molar-refractivity contribution in [3.05, 3.63) is 27.7 Å². The molecule has 112 valence electrons. The van der Waals surface area contributed by atoms with Crippen molar-refractivity contribution in [1.29, 1.82) is 0 Å². The lowest BCUT2D eigenvalue weighted by Crippen LogP contribution is -2.28. The van der Waals surface area contributed by atoms with Crippen LogP contribution in [0.3, 0.4) is 0 Å². The number of benzene rings is 1. The molecule has 0 aliphatic heterocycles. The predicted octanol–water partition coefficient (Wildman–Crippen LogP) is 3.59. The van der Waals surface area contributed by atoms with Gasteiger partial charge in [-0.1, -0.05) is 23.2 Å². The van der Waals surface area contributed by atoms with Gasteiger partial charge < -0.3 is 15.2 Å². The second-order valence-electron chi connectivity index (χ2n) is 5.20. The molecule has 0 radical (unpaired) electrons. The molecule has 0 bridgehead atoms. The zero-order valence-electron chi connectivity index (χ0n) is 11.8. The average Bonchev–Trinajstić information content (AvgIpc) is 2.34. The van der Waals surface area contributed by atoms with Crippen LogP contribution >= 0.6 is 23.2 Å². The Morgan fingerprint density at radius 3 is 2.60 bits per heavy atom. The molecule has 1 aromatic carbocycles. The van der Waals surface area contributed by atoms with Gasteiger partial charge in [0.1, 0.15) is 5.75 Å². The molecule has 0 spiro atoms. The molecule has 0 fully saturated rings. The Hall–Kier alpha value is -0.970. The number of hydrogen-bond donors (Lipinski definition) is 2. The van der Waals surface area contributed by atoms with Gasteiger partial charge in [-0.2, -0.15) is 0 Å². The van der Waals surface area contributed by atoms with Gasteiger partial charge >= 0.3 is 5.97 Å². The van der Waals surface area contributed by atoms with Crippen LogP contribution in [0.4, 0.5) is 0 Å². The van der Waals surface area contributed by atoms with E-state index in [1.165, 1.54) is 0 Å². The van der Waals surface area contributed by atoms with E-state index in [9.17, 15) is 4.79 Å². The lowest BCUT2D eigenvalue weighted by Gasteiger charge is -2.19. The molecular weight excluding hydrogens is 301 g/mol. The van der Waals surface area contributed by atoms with Crippen LogP contribution in [0.25, 0.3) is 0 Å². The van der Waals surface area contributed by atoms with Crippen LogP contribution in [0.2, 0.25) is 10.0 Å². The largest absolute Gasteiger partial charge is 0.495 e. The van der Waals surface area contributed by atoms with Gasteiger partial charge in [-0.15, -0.1) is 0 Å². The number of aliphatic carboxylic acids is 1. The molecule has 1 rings (SSSR count). The van der Waals surface area contributed by atoms with Gasteiger partial charge in [0, 0.05) is 17.1 Å². The molecular formula is C14H19Cl2NO3. The summed E-state index contributed by atoms with van der Waals surface area (Å²) >= 11 is 12.0. The molecule has 0 saturated heterocycles. The molecule has 6 heteroatoms. The summed E-state index contributed by atoms with van der Waals surface area (Å²) in [6, 6.07) is 3.40. The number of rotatable bonds is 7. The molecule has 0 heterocycles. The van der Waals surface area contributed by atoms with Crippen LogP contribution < -0.4 is 10.1 Å². The van der Waals surface area contributed by atoms with Crippen LogP contribution in [-0.2, 0) is 11.3 Å². The fourth-order valence-corrected chi connectivity index (χ4v) is 2.32. The zero-order chi connectivity index (χ0) is 15.3. The first-order valence-corrected chi connectivity index (χ1v) is 6.99. The minimum absolute atomic E-state index is 0.461. The number of carboxylic acid groups (broad SMARTS) is 1. The summed E-state index contributed by atoms with van der Waals surface area (Å²) in [5, 5.41) is 13.2. The Kier molecular flexibility index (Phi) is 6.11. The molecule has 0 unspecified atom stereocenters. The Morgan fingerprint density at radius 1 is 1.40 bits per heavy atom. The number of ether oxygens (including phenoxy) is 1. The van der Waals surface area contributed by atoms with E-state index in [0.29, 0.717) is 35.3 Å². The summed E-state index contributed by atoms with van der Waals surface area (Å²) in [6.07, 6.45) is 0.527. The normalized spacial score (nSPS) is 11.4. The number of carboxylic acids is 1. The van der Waals surface area contributed by atoms with E-state index in [0.717, 1.165) is 5.56 Å². The molecule has 0 amide bonds. The predicted molar refractivity (Wildman–Crippen MR) is 80.8 cm³/mol. The molecule has 20 heavy (non-hydrogen) atoms. The molecule has 0 atom stereocenters. The van der Waals surface area contributed by atoms with Gasteiger partial charge in [-0.05, 0) is 38.9 Å².